The lowest BCUT2D eigenvalue weighted by atomic mass is 10.0. The molecule has 0 bridgehead atoms. The number of hydrogen-bond donors (Lipinski definition) is 2. The fourth-order valence-electron chi connectivity index (χ4n) is 2.04. The van der Waals surface area contributed by atoms with Crippen LogP contribution in [0.25, 0.3) is 0 Å². The zero-order valence-corrected chi connectivity index (χ0v) is 12.9. The summed E-state index contributed by atoms with van der Waals surface area (Å²) in [6, 6.07) is 5.75. The molecule has 0 aliphatic heterocycles. The van der Waals surface area contributed by atoms with Crippen LogP contribution in [-0.2, 0) is 16.4 Å². The second-order valence-corrected chi connectivity index (χ2v) is 6.78. The SMILES string of the molecule is O=S(=O)(NCC(CO)Cc1cccnc1)c1cc(F)ccc1F. The number of nitrogens with one attached hydrogen (secondary N) is 1. The fourth-order valence-corrected chi connectivity index (χ4v) is 3.25. The number of pyridine rings is 1. The highest BCUT2D eigenvalue weighted by Crippen LogP contribution is 2.16. The van der Waals surface area contributed by atoms with Crippen LogP contribution in [0.15, 0.2) is 47.6 Å². The monoisotopic (exact) mass is 342 g/mol. The molecule has 1 aromatic heterocycles. The molecule has 23 heavy (non-hydrogen) atoms. The van der Waals surface area contributed by atoms with E-state index in [1.54, 1.807) is 24.5 Å². The highest BCUT2D eigenvalue weighted by molar-refractivity contribution is 7.89. The molecule has 1 unspecified atom stereocenters. The van der Waals surface area contributed by atoms with Crippen LogP contribution in [-0.4, -0.2) is 31.7 Å². The first-order valence-electron chi connectivity index (χ1n) is 6.87. The second-order valence-electron chi connectivity index (χ2n) is 5.04. The Morgan fingerprint density at radius 2 is 2.04 bits per heavy atom. The van der Waals surface area contributed by atoms with E-state index in [4.69, 9.17) is 0 Å². The number of sulfonamides is 1. The average Bonchev–Trinajstić information content (AvgIpc) is 2.54. The molecule has 0 radical (unpaired) electrons. The summed E-state index contributed by atoms with van der Waals surface area (Å²) in [4.78, 5) is 3.18. The van der Waals surface area contributed by atoms with E-state index >= 15 is 0 Å². The van der Waals surface area contributed by atoms with Crippen molar-refractivity contribution < 1.29 is 22.3 Å². The third kappa shape index (κ3) is 4.78. The topological polar surface area (TPSA) is 79.3 Å². The van der Waals surface area contributed by atoms with Gasteiger partial charge in [-0.2, -0.15) is 0 Å². The number of aliphatic hydroxyl groups is 1. The van der Waals surface area contributed by atoms with Gasteiger partial charge < -0.3 is 5.11 Å². The van der Waals surface area contributed by atoms with E-state index in [-0.39, 0.29) is 13.2 Å². The maximum Gasteiger partial charge on any atom is 0.243 e. The van der Waals surface area contributed by atoms with Gasteiger partial charge in [0, 0.05) is 25.5 Å². The van der Waals surface area contributed by atoms with Gasteiger partial charge in [0.1, 0.15) is 16.5 Å². The number of rotatable bonds is 7. The van der Waals surface area contributed by atoms with Crippen LogP contribution in [0.2, 0.25) is 0 Å². The van der Waals surface area contributed by atoms with E-state index in [2.05, 4.69) is 9.71 Å². The third-order valence-electron chi connectivity index (χ3n) is 3.25. The van der Waals surface area contributed by atoms with Gasteiger partial charge in [0.25, 0.3) is 0 Å². The van der Waals surface area contributed by atoms with Crippen molar-refractivity contribution in [1.29, 1.82) is 0 Å². The molecule has 0 aliphatic carbocycles. The van der Waals surface area contributed by atoms with Crippen molar-refractivity contribution in [1.82, 2.24) is 9.71 Å². The molecule has 1 heterocycles. The predicted octanol–water partition coefficient (Wildman–Crippen LogP) is 1.49. The van der Waals surface area contributed by atoms with Crippen LogP contribution < -0.4 is 4.72 Å². The Bertz CT molecular complexity index is 755. The summed E-state index contributed by atoms with van der Waals surface area (Å²) in [5.41, 5.74) is 0.836. The minimum absolute atomic E-state index is 0.107. The Morgan fingerprint density at radius 1 is 1.26 bits per heavy atom. The Balaban J connectivity index is 2.06. The van der Waals surface area contributed by atoms with Crippen molar-refractivity contribution in [3.05, 3.63) is 59.9 Å². The number of aliphatic hydroxyl groups excluding tert-OH is 1. The molecule has 0 amide bonds. The van der Waals surface area contributed by atoms with Gasteiger partial charge >= 0.3 is 0 Å². The fraction of sp³-hybridized carbons (Fsp3) is 0.267. The number of benzene rings is 1. The molecular formula is C15H16F2N2O3S. The van der Waals surface area contributed by atoms with Gasteiger partial charge in [-0.15, -0.1) is 0 Å². The summed E-state index contributed by atoms with van der Waals surface area (Å²) in [5.74, 6) is -2.29. The summed E-state index contributed by atoms with van der Waals surface area (Å²) in [7, 11) is -4.20. The average molecular weight is 342 g/mol. The van der Waals surface area contributed by atoms with E-state index in [9.17, 15) is 22.3 Å². The maximum absolute atomic E-state index is 13.6. The van der Waals surface area contributed by atoms with Crippen molar-refractivity contribution in [2.75, 3.05) is 13.2 Å². The highest BCUT2D eigenvalue weighted by Gasteiger charge is 2.21. The molecule has 0 saturated heterocycles. The van der Waals surface area contributed by atoms with E-state index in [0.717, 1.165) is 17.7 Å². The largest absolute Gasteiger partial charge is 0.396 e. The maximum atomic E-state index is 13.6. The lowest BCUT2D eigenvalue weighted by Gasteiger charge is -2.15. The first kappa shape index (κ1) is 17.5. The molecule has 0 aliphatic rings. The lowest BCUT2D eigenvalue weighted by Crippen LogP contribution is -2.32. The minimum Gasteiger partial charge on any atom is -0.396 e. The van der Waals surface area contributed by atoms with Gasteiger partial charge in [-0.3, -0.25) is 4.98 Å². The molecular weight excluding hydrogens is 326 g/mol. The van der Waals surface area contributed by atoms with Crippen molar-refractivity contribution in [3.63, 3.8) is 0 Å². The van der Waals surface area contributed by atoms with Crippen molar-refractivity contribution in [2.45, 2.75) is 11.3 Å². The van der Waals surface area contributed by atoms with Gasteiger partial charge in [-0.05, 0) is 42.2 Å². The van der Waals surface area contributed by atoms with Gasteiger partial charge in [0.15, 0.2) is 0 Å². The molecule has 0 saturated carbocycles. The van der Waals surface area contributed by atoms with E-state index in [1.165, 1.54) is 0 Å². The Morgan fingerprint density at radius 3 is 2.70 bits per heavy atom. The smallest absolute Gasteiger partial charge is 0.243 e. The van der Waals surface area contributed by atoms with Crippen molar-refractivity contribution >= 4 is 10.0 Å². The minimum atomic E-state index is -4.20. The molecule has 1 aromatic carbocycles. The molecule has 124 valence electrons. The van der Waals surface area contributed by atoms with Crippen LogP contribution in [0.4, 0.5) is 8.78 Å². The van der Waals surface area contributed by atoms with E-state index in [0.29, 0.717) is 12.5 Å². The predicted molar refractivity (Wildman–Crippen MR) is 80.1 cm³/mol. The Kier molecular flexibility index (Phi) is 5.75. The molecule has 0 spiro atoms. The molecule has 0 fully saturated rings. The zero-order valence-electron chi connectivity index (χ0n) is 12.1. The van der Waals surface area contributed by atoms with E-state index in [1.807, 2.05) is 0 Å². The van der Waals surface area contributed by atoms with Gasteiger partial charge in [0.05, 0.1) is 0 Å². The number of halogens is 2. The first-order valence-corrected chi connectivity index (χ1v) is 8.35. The summed E-state index contributed by atoms with van der Waals surface area (Å²) in [5, 5.41) is 9.36. The van der Waals surface area contributed by atoms with Crippen LogP contribution in [0.1, 0.15) is 5.56 Å². The molecule has 8 heteroatoms. The van der Waals surface area contributed by atoms with Crippen LogP contribution in [0.3, 0.4) is 0 Å². The standard InChI is InChI=1S/C15H16F2N2O3S/c16-13-3-4-14(17)15(7-13)23(21,22)19-9-12(10-20)6-11-2-1-5-18-8-11/h1-5,7-8,12,19-20H,6,9-10H2. The highest BCUT2D eigenvalue weighted by atomic mass is 32.2. The number of nitrogens with zero attached hydrogens (tertiary/aromatic N) is 1. The first-order chi connectivity index (χ1) is 10.9. The molecule has 5 nitrogen and oxygen atoms in total. The quantitative estimate of drug-likeness (QED) is 0.799. The Hall–Kier alpha value is -1.90. The zero-order chi connectivity index (χ0) is 16.9. The summed E-state index contributed by atoms with van der Waals surface area (Å²) < 4.78 is 53.0. The molecule has 1 atom stereocenters. The normalized spacial score (nSPS) is 13.0. The second kappa shape index (κ2) is 7.58. The third-order valence-corrected chi connectivity index (χ3v) is 4.69. The van der Waals surface area contributed by atoms with Crippen LogP contribution in [0.5, 0.6) is 0 Å². The summed E-state index contributed by atoms with van der Waals surface area (Å²) in [6.07, 6.45) is 3.62. The molecule has 2 aromatic rings. The van der Waals surface area contributed by atoms with Crippen molar-refractivity contribution in [2.24, 2.45) is 5.92 Å². The van der Waals surface area contributed by atoms with Crippen LogP contribution in [0, 0.1) is 17.6 Å². The van der Waals surface area contributed by atoms with Gasteiger partial charge in [0.2, 0.25) is 10.0 Å². The van der Waals surface area contributed by atoms with Gasteiger partial charge in [-0.1, -0.05) is 6.07 Å². The van der Waals surface area contributed by atoms with Crippen LogP contribution >= 0.6 is 0 Å². The summed E-state index contributed by atoms with van der Waals surface area (Å²) >= 11 is 0. The van der Waals surface area contributed by atoms with Crippen molar-refractivity contribution in [3.8, 4) is 0 Å². The van der Waals surface area contributed by atoms with E-state index < -0.39 is 32.5 Å². The number of hydrogen-bond acceptors (Lipinski definition) is 4. The van der Waals surface area contributed by atoms with Gasteiger partial charge in [-0.25, -0.2) is 21.9 Å². The Labute approximate surface area is 133 Å². The lowest BCUT2D eigenvalue weighted by molar-refractivity contribution is 0.226. The molecule has 2 rings (SSSR count). The summed E-state index contributed by atoms with van der Waals surface area (Å²) in [6.45, 7) is -0.368. The number of aromatic nitrogens is 1. The molecule has 2 N–H and O–H groups in total.